The maximum absolute atomic E-state index is 12.5. The fourth-order valence-corrected chi connectivity index (χ4v) is 4.80. The number of hydrogen-bond donors (Lipinski definition) is 3. The fraction of sp³-hybridized carbons (Fsp3) is 0.600. The highest BCUT2D eigenvalue weighted by atomic mass is 32.2. The van der Waals surface area contributed by atoms with Crippen molar-refractivity contribution >= 4 is 21.8 Å². The third kappa shape index (κ3) is 5.54. The third-order valence-corrected chi connectivity index (χ3v) is 6.87. The highest BCUT2D eigenvalue weighted by Gasteiger charge is 2.28. The molecule has 2 aliphatic rings. The predicted molar refractivity (Wildman–Crippen MR) is 106 cm³/mol. The Balaban J connectivity index is 1.52. The smallest absolute Gasteiger partial charge is 0.251 e. The van der Waals surface area contributed by atoms with Crippen molar-refractivity contribution in [2.45, 2.75) is 62.8 Å². The molecule has 2 aliphatic carbocycles. The lowest BCUT2D eigenvalue weighted by molar-refractivity contribution is -0.125. The molecule has 0 spiro atoms. The van der Waals surface area contributed by atoms with E-state index in [9.17, 15) is 18.0 Å². The minimum Gasteiger partial charge on any atom is -0.354 e. The van der Waals surface area contributed by atoms with Crippen molar-refractivity contribution in [1.82, 2.24) is 15.4 Å². The molecule has 154 valence electrons. The molecule has 0 atom stereocenters. The Morgan fingerprint density at radius 2 is 1.68 bits per heavy atom. The average Bonchev–Trinajstić information content (AvgIpc) is 3.49. The van der Waals surface area contributed by atoms with Gasteiger partial charge in [-0.25, -0.2) is 13.1 Å². The van der Waals surface area contributed by atoms with Gasteiger partial charge in [-0.1, -0.05) is 25.3 Å². The van der Waals surface area contributed by atoms with Gasteiger partial charge in [0.2, 0.25) is 15.9 Å². The van der Waals surface area contributed by atoms with E-state index >= 15 is 0 Å². The molecule has 2 amide bonds. The Hall–Kier alpha value is -1.93. The molecule has 3 N–H and O–H groups in total. The number of nitrogens with one attached hydrogen (secondary N) is 3. The zero-order chi connectivity index (χ0) is 20.1. The highest BCUT2D eigenvalue weighted by Crippen LogP contribution is 2.24. The van der Waals surface area contributed by atoms with E-state index in [4.69, 9.17) is 0 Å². The summed E-state index contributed by atoms with van der Waals surface area (Å²) in [5.41, 5.74) is 1.03. The van der Waals surface area contributed by atoms with Crippen molar-refractivity contribution < 1.29 is 18.0 Å². The number of sulfonamides is 1. The van der Waals surface area contributed by atoms with Crippen LogP contribution in [0.4, 0.5) is 0 Å². The molecule has 7 nitrogen and oxygen atoms in total. The average molecular weight is 408 g/mol. The van der Waals surface area contributed by atoms with Crippen LogP contribution < -0.4 is 15.4 Å². The zero-order valence-electron chi connectivity index (χ0n) is 16.3. The van der Waals surface area contributed by atoms with Crippen LogP contribution in [0.1, 0.15) is 60.9 Å². The molecule has 1 aromatic rings. The van der Waals surface area contributed by atoms with Crippen molar-refractivity contribution in [3.05, 3.63) is 29.3 Å². The van der Waals surface area contributed by atoms with Gasteiger partial charge in [-0.05, 0) is 50.3 Å². The third-order valence-electron chi connectivity index (χ3n) is 5.35. The van der Waals surface area contributed by atoms with Crippen molar-refractivity contribution in [3.8, 4) is 0 Å². The standard InChI is InChI=1S/C20H29N3O4S/c1-14-7-10-17(28(26,27)23-16-8-9-16)13-18(14)20(25)22-12-11-21-19(24)15-5-3-2-4-6-15/h7,10,13,15-16,23H,2-6,8-9,11-12H2,1H3,(H,21,24)(H,22,25). The van der Waals surface area contributed by atoms with Gasteiger partial charge in [-0.3, -0.25) is 9.59 Å². The molecular weight excluding hydrogens is 378 g/mol. The van der Waals surface area contributed by atoms with Gasteiger partial charge in [0, 0.05) is 30.6 Å². The van der Waals surface area contributed by atoms with Crippen LogP contribution in [0.5, 0.6) is 0 Å². The molecule has 2 saturated carbocycles. The van der Waals surface area contributed by atoms with E-state index in [1.54, 1.807) is 13.0 Å². The van der Waals surface area contributed by atoms with Crippen LogP contribution in [-0.4, -0.2) is 39.4 Å². The van der Waals surface area contributed by atoms with Crippen LogP contribution in [0.15, 0.2) is 23.1 Å². The molecule has 3 rings (SSSR count). The number of rotatable bonds is 8. The van der Waals surface area contributed by atoms with Crippen LogP contribution in [0.2, 0.25) is 0 Å². The molecule has 28 heavy (non-hydrogen) atoms. The second-order valence-electron chi connectivity index (χ2n) is 7.75. The van der Waals surface area contributed by atoms with Crippen molar-refractivity contribution in [2.24, 2.45) is 5.92 Å². The summed E-state index contributed by atoms with van der Waals surface area (Å²) in [5, 5.41) is 5.64. The SMILES string of the molecule is Cc1ccc(S(=O)(=O)NC2CC2)cc1C(=O)NCCNC(=O)C1CCCCC1. The topological polar surface area (TPSA) is 104 Å². The van der Waals surface area contributed by atoms with Crippen LogP contribution in [0, 0.1) is 12.8 Å². The van der Waals surface area contributed by atoms with Crippen molar-refractivity contribution in [3.63, 3.8) is 0 Å². The first kappa shape index (κ1) is 20.8. The van der Waals surface area contributed by atoms with Gasteiger partial charge in [-0.2, -0.15) is 0 Å². The fourth-order valence-electron chi connectivity index (χ4n) is 3.47. The quantitative estimate of drug-likeness (QED) is 0.572. The Bertz CT molecular complexity index is 828. The maximum atomic E-state index is 12.5. The summed E-state index contributed by atoms with van der Waals surface area (Å²) < 4.78 is 27.3. The lowest BCUT2D eigenvalue weighted by Crippen LogP contribution is -2.38. The lowest BCUT2D eigenvalue weighted by atomic mass is 9.89. The summed E-state index contributed by atoms with van der Waals surface area (Å²) in [5.74, 6) is -0.190. The molecule has 2 fully saturated rings. The van der Waals surface area contributed by atoms with Crippen LogP contribution in [0.3, 0.4) is 0 Å². The number of amides is 2. The number of aryl methyl sites for hydroxylation is 1. The zero-order valence-corrected chi connectivity index (χ0v) is 17.1. The van der Waals surface area contributed by atoms with E-state index in [1.165, 1.54) is 18.6 Å². The molecule has 0 unspecified atom stereocenters. The summed E-state index contributed by atoms with van der Waals surface area (Å²) in [6, 6.07) is 4.58. The summed E-state index contributed by atoms with van der Waals surface area (Å²) in [6.07, 6.45) is 6.98. The van der Waals surface area contributed by atoms with Crippen LogP contribution in [-0.2, 0) is 14.8 Å². The maximum Gasteiger partial charge on any atom is 0.251 e. The van der Waals surface area contributed by atoms with E-state index in [1.807, 2.05) is 0 Å². The molecular formula is C20H29N3O4S. The monoisotopic (exact) mass is 407 g/mol. The summed E-state index contributed by atoms with van der Waals surface area (Å²) in [4.78, 5) is 24.7. The molecule has 8 heteroatoms. The minimum absolute atomic E-state index is 0.0105. The molecule has 0 heterocycles. The van der Waals surface area contributed by atoms with Gasteiger partial charge in [0.05, 0.1) is 4.90 Å². The molecule has 0 aliphatic heterocycles. The van der Waals surface area contributed by atoms with Gasteiger partial charge in [0.15, 0.2) is 0 Å². The Kier molecular flexibility index (Phi) is 6.72. The number of benzene rings is 1. The first-order valence-electron chi connectivity index (χ1n) is 10.1. The Morgan fingerprint density at radius 3 is 2.36 bits per heavy atom. The first-order chi connectivity index (χ1) is 13.4. The van der Waals surface area contributed by atoms with E-state index in [-0.39, 0.29) is 28.7 Å². The highest BCUT2D eigenvalue weighted by molar-refractivity contribution is 7.89. The van der Waals surface area contributed by atoms with Gasteiger partial charge in [0.1, 0.15) is 0 Å². The van der Waals surface area contributed by atoms with E-state index in [0.29, 0.717) is 24.2 Å². The van der Waals surface area contributed by atoms with Gasteiger partial charge < -0.3 is 10.6 Å². The number of carbonyl (C=O) groups excluding carboxylic acids is 2. The van der Waals surface area contributed by atoms with Gasteiger partial charge >= 0.3 is 0 Å². The normalized spacial score (nSPS) is 17.9. The summed E-state index contributed by atoms with van der Waals surface area (Å²) in [7, 11) is -3.61. The summed E-state index contributed by atoms with van der Waals surface area (Å²) in [6.45, 7) is 2.43. The van der Waals surface area contributed by atoms with E-state index in [0.717, 1.165) is 38.5 Å². The van der Waals surface area contributed by atoms with E-state index in [2.05, 4.69) is 15.4 Å². The number of hydrogen-bond acceptors (Lipinski definition) is 4. The first-order valence-corrected chi connectivity index (χ1v) is 11.5. The molecule has 0 saturated heterocycles. The molecule has 0 aromatic heterocycles. The molecule has 0 radical (unpaired) electrons. The van der Waals surface area contributed by atoms with Crippen molar-refractivity contribution in [2.75, 3.05) is 13.1 Å². The predicted octanol–water partition coefficient (Wildman–Crippen LogP) is 1.86. The van der Waals surface area contributed by atoms with Crippen molar-refractivity contribution in [1.29, 1.82) is 0 Å². The molecule has 0 bridgehead atoms. The van der Waals surface area contributed by atoms with Crippen LogP contribution in [0.25, 0.3) is 0 Å². The second-order valence-corrected chi connectivity index (χ2v) is 9.47. The van der Waals surface area contributed by atoms with E-state index < -0.39 is 10.0 Å². The second kappa shape index (κ2) is 9.05. The van der Waals surface area contributed by atoms with Crippen LogP contribution >= 0.6 is 0 Å². The van der Waals surface area contributed by atoms with Gasteiger partial charge in [0.25, 0.3) is 5.91 Å². The van der Waals surface area contributed by atoms with Gasteiger partial charge in [-0.15, -0.1) is 0 Å². The lowest BCUT2D eigenvalue weighted by Gasteiger charge is -2.20. The number of carbonyl (C=O) groups is 2. The minimum atomic E-state index is -3.61. The summed E-state index contributed by atoms with van der Waals surface area (Å²) >= 11 is 0. The molecule has 1 aromatic carbocycles. The Labute approximate surface area is 166 Å². The Morgan fingerprint density at radius 1 is 1.00 bits per heavy atom. The largest absolute Gasteiger partial charge is 0.354 e.